The molecule has 106 valence electrons. The molecular formula is C14H9Cl2N3S2. The lowest BCUT2D eigenvalue weighted by atomic mass is 10.2. The van der Waals surface area contributed by atoms with Gasteiger partial charge in [0.05, 0.1) is 10.6 Å². The Bertz CT molecular complexity index is 735. The highest BCUT2D eigenvalue weighted by molar-refractivity contribution is 8.25. The molecule has 1 aromatic heterocycles. The molecule has 0 amide bonds. The van der Waals surface area contributed by atoms with Crippen molar-refractivity contribution in [3.05, 3.63) is 56.8 Å². The highest BCUT2D eigenvalue weighted by Crippen LogP contribution is 2.53. The fourth-order valence-corrected chi connectivity index (χ4v) is 5.52. The van der Waals surface area contributed by atoms with Crippen molar-refractivity contribution in [2.75, 3.05) is 5.75 Å². The highest BCUT2D eigenvalue weighted by Gasteiger charge is 2.27. The van der Waals surface area contributed by atoms with E-state index in [-0.39, 0.29) is 5.25 Å². The van der Waals surface area contributed by atoms with Crippen molar-refractivity contribution in [1.82, 2.24) is 9.55 Å². The molecule has 7 heteroatoms. The number of imidazole rings is 1. The molecule has 1 atom stereocenters. The lowest BCUT2D eigenvalue weighted by molar-refractivity contribution is 1.10. The third-order valence-electron chi connectivity index (χ3n) is 2.99. The summed E-state index contributed by atoms with van der Waals surface area (Å²) in [7, 11) is 0. The average Bonchev–Trinajstić information content (AvgIpc) is 3.12. The molecule has 1 saturated heterocycles. The van der Waals surface area contributed by atoms with Crippen molar-refractivity contribution in [3.8, 4) is 6.07 Å². The molecule has 1 aromatic carbocycles. The van der Waals surface area contributed by atoms with Crippen LogP contribution in [0.5, 0.6) is 0 Å². The van der Waals surface area contributed by atoms with E-state index in [1.807, 2.05) is 12.1 Å². The molecule has 2 aromatic rings. The van der Waals surface area contributed by atoms with Crippen molar-refractivity contribution >= 4 is 52.4 Å². The predicted molar refractivity (Wildman–Crippen MR) is 90.3 cm³/mol. The third kappa shape index (κ3) is 3.09. The maximum atomic E-state index is 9.38. The summed E-state index contributed by atoms with van der Waals surface area (Å²) in [5.41, 5.74) is 1.66. The van der Waals surface area contributed by atoms with E-state index in [9.17, 15) is 5.26 Å². The van der Waals surface area contributed by atoms with Crippen LogP contribution in [0.1, 0.15) is 10.8 Å². The Labute approximate surface area is 141 Å². The van der Waals surface area contributed by atoms with Gasteiger partial charge in [-0.15, -0.1) is 23.5 Å². The van der Waals surface area contributed by atoms with Gasteiger partial charge in [-0.25, -0.2) is 4.98 Å². The van der Waals surface area contributed by atoms with Gasteiger partial charge >= 0.3 is 0 Å². The lowest BCUT2D eigenvalue weighted by Gasteiger charge is -2.10. The number of benzene rings is 1. The summed E-state index contributed by atoms with van der Waals surface area (Å²) in [6, 6.07) is 7.80. The molecule has 3 nitrogen and oxygen atoms in total. The minimum Gasteiger partial charge on any atom is -0.296 e. The van der Waals surface area contributed by atoms with Crippen LogP contribution in [0.4, 0.5) is 0 Å². The van der Waals surface area contributed by atoms with Gasteiger partial charge in [0.2, 0.25) is 0 Å². The van der Waals surface area contributed by atoms with Crippen molar-refractivity contribution in [2.45, 2.75) is 5.25 Å². The van der Waals surface area contributed by atoms with Gasteiger partial charge in [-0.3, -0.25) is 4.57 Å². The summed E-state index contributed by atoms with van der Waals surface area (Å²) in [6.07, 6.45) is 5.07. The Morgan fingerprint density at radius 3 is 2.95 bits per heavy atom. The Kier molecular flexibility index (Phi) is 4.51. The zero-order chi connectivity index (χ0) is 14.8. The summed E-state index contributed by atoms with van der Waals surface area (Å²) < 4.78 is 2.73. The Morgan fingerprint density at radius 1 is 1.43 bits per heavy atom. The number of allylic oxidation sites excluding steroid dienone is 1. The van der Waals surface area contributed by atoms with E-state index >= 15 is 0 Å². The van der Waals surface area contributed by atoms with Gasteiger partial charge in [0, 0.05) is 33.4 Å². The number of nitrogens with zero attached hydrogens (tertiary/aromatic N) is 3. The highest BCUT2D eigenvalue weighted by atomic mass is 35.5. The number of hydrogen-bond donors (Lipinski definition) is 0. The van der Waals surface area contributed by atoms with E-state index in [0.29, 0.717) is 15.7 Å². The SMILES string of the molecule is N#C/C(=C1\SCC(c2ccc(Cl)cc2Cl)S1)n1ccnc1. The summed E-state index contributed by atoms with van der Waals surface area (Å²) >= 11 is 15.5. The summed E-state index contributed by atoms with van der Waals surface area (Å²) in [5.74, 6) is 0.876. The third-order valence-corrected chi connectivity index (χ3v) is 6.47. The molecule has 1 aliphatic rings. The minimum atomic E-state index is 0.224. The topological polar surface area (TPSA) is 41.6 Å². The predicted octanol–water partition coefficient (Wildman–Crippen LogP) is 5.06. The fourth-order valence-electron chi connectivity index (χ4n) is 1.99. The van der Waals surface area contributed by atoms with Crippen LogP contribution in [-0.2, 0) is 0 Å². The minimum absolute atomic E-state index is 0.224. The smallest absolute Gasteiger partial charge is 0.145 e. The standard InChI is InChI=1S/C14H9Cl2N3S2/c15-9-1-2-10(11(16)5-9)13-7-20-14(21-13)12(6-17)19-4-3-18-8-19/h1-5,8,13H,7H2/b14-12-. The van der Waals surface area contributed by atoms with E-state index < -0.39 is 0 Å². The summed E-state index contributed by atoms with van der Waals surface area (Å²) in [5, 5.41) is 10.9. The Morgan fingerprint density at radius 2 is 2.29 bits per heavy atom. The van der Waals surface area contributed by atoms with Crippen molar-refractivity contribution in [3.63, 3.8) is 0 Å². The van der Waals surface area contributed by atoms with Gasteiger partial charge in [-0.05, 0) is 17.7 Å². The van der Waals surface area contributed by atoms with Gasteiger partial charge in [0.1, 0.15) is 11.8 Å². The van der Waals surface area contributed by atoms with Crippen LogP contribution < -0.4 is 0 Å². The summed E-state index contributed by atoms with van der Waals surface area (Å²) in [6.45, 7) is 0. The first-order chi connectivity index (χ1) is 10.2. The first kappa shape index (κ1) is 14.9. The number of nitriles is 1. The molecule has 0 saturated carbocycles. The van der Waals surface area contributed by atoms with Crippen LogP contribution in [0.15, 0.2) is 41.2 Å². The van der Waals surface area contributed by atoms with Crippen LogP contribution in [0.25, 0.3) is 5.70 Å². The molecule has 1 aliphatic heterocycles. The Hall–Kier alpha value is -1.06. The lowest BCUT2D eigenvalue weighted by Crippen LogP contribution is -1.93. The van der Waals surface area contributed by atoms with E-state index in [4.69, 9.17) is 23.2 Å². The number of rotatable bonds is 2. The number of aromatic nitrogens is 2. The molecule has 0 N–H and O–H groups in total. The van der Waals surface area contributed by atoms with Gasteiger partial charge in [0.15, 0.2) is 0 Å². The molecule has 2 heterocycles. The second kappa shape index (κ2) is 6.37. The molecular weight excluding hydrogens is 345 g/mol. The molecule has 0 spiro atoms. The monoisotopic (exact) mass is 353 g/mol. The number of hydrogen-bond acceptors (Lipinski definition) is 4. The normalized spacial score (nSPS) is 20.3. The van der Waals surface area contributed by atoms with E-state index in [0.717, 1.165) is 15.6 Å². The van der Waals surface area contributed by atoms with Gasteiger partial charge in [-0.1, -0.05) is 29.3 Å². The van der Waals surface area contributed by atoms with E-state index in [1.165, 1.54) is 0 Å². The summed E-state index contributed by atoms with van der Waals surface area (Å²) in [4.78, 5) is 3.99. The van der Waals surface area contributed by atoms with E-state index in [1.54, 1.807) is 52.9 Å². The van der Waals surface area contributed by atoms with Crippen LogP contribution in [0.3, 0.4) is 0 Å². The molecule has 1 fully saturated rings. The zero-order valence-electron chi connectivity index (χ0n) is 10.7. The first-order valence-corrected chi connectivity index (χ1v) is 8.68. The average molecular weight is 354 g/mol. The molecule has 0 bridgehead atoms. The molecule has 0 radical (unpaired) electrons. The first-order valence-electron chi connectivity index (χ1n) is 6.06. The Balaban J connectivity index is 1.90. The number of halogens is 2. The second-order valence-corrected chi connectivity index (χ2v) is 7.65. The van der Waals surface area contributed by atoms with Gasteiger partial charge in [0.25, 0.3) is 0 Å². The molecule has 0 aliphatic carbocycles. The van der Waals surface area contributed by atoms with Crippen molar-refractivity contribution in [2.24, 2.45) is 0 Å². The maximum Gasteiger partial charge on any atom is 0.145 e. The molecule has 1 unspecified atom stereocenters. The fraction of sp³-hybridized carbons (Fsp3) is 0.143. The largest absolute Gasteiger partial charge is 0.296 e. The van der Waals surface area contributed by atoms with Crippen LogP contribution in [0, 0.1) is 11.3 Å². The van der Waals surface area contributed by atoms with Crippen molar-refractivity contribution < 1.29 is 0 Å². The van der Waals surface area contributed by atoms with Crippen LogP contribution in [0.2, 0.25) is 10.0 Å². The number of thioether (sulfide) groups is 2. The van der Waals surface area contributed by atoms with Crippen LogP contribution >= 0.6 is 46.7 Å². The zero-order valence-corrected chi connectivity index (χ0v) is 13.8. The van der Waals surface area contributed by atoms with Gasteiger partial charge < -0.3 is 0 Å². The molecule has 21 heavy (non-hydrogen) atoms. The second-order valence-electron chi connectivity index (χ2n) is 4.30. The van der Waals surface area contributed by atoms with E-state index in [2.05, 4.69) is 11.1 Å². The van der Waals surface area contributed by atoms with Gasteiger partial charge in [-0.2, -0.15) is 5.26 Å². The van der Waals surface area contributed by atoms with Crippen LogP contribution in [-0.4, -0.2) is 15.3 Å². The maximum absolute atomic E-state index is 9.38. The quantitative estimate of drug-likeness (QED) is 0.707. The molecule has 3 rings (SSSR count). The van der Waals surface area contributed by atoms with Crippen molar-refractivity contribution in [1.29, 1.82) is 5.26 Å².